The number of benzene rings is 1. The lowest BCUT2D eigenvalue weighted by Gasteiger charge is -2.37. The van der Waals surface area contributed by atoms with Crippen LogP contribution in [-0.4, -0.2) is 0 Å². The molecule has 0 amide bonds. The Bertz CT molecular complexity index is 416. The fourth-order valence-corrected chi connectivity index (χ4v) is 4.42. The van der Waals surface area contributed by atoms with Crippen LogP contribution in [0.5, 0.6) is 0 Å². The van der Waals surface area contributed by atoms with Crippen molar-refractivity contribution >= 4 is 0 Å². The van der Waals surface area contributed by atoms with E-state index in [0.717, 1.165) is 17.8 Å². The summed E-state index contributed by atoms with van der Waals surface area (Å²) in [5, 5.41) is 0. The van der Waals surface area contributed by atoms with Crippen LogP contribution < -0.4 is 0 Å². The van der Waals surface area contributed by atoms with Crippen LogP contribution in [-0.2, 0) is 0 Å². The predicted molar refractivity (Wildman–Crippen MR) is 93.2 cm³/mol. The van der Waals surface area contributed by atoms with Crippen LogP contribution in [0.2, 0.25) is 0 Å². The summed E-state index contributed by atoms with van der Waals surface area (Å²) >= 11 is 0. The van der Waals surface area contributed by atoms with E-state index in [2.05, 4.69) is 6.92 Å². The van der Waals surface area contributed by atoms with Crippen LogP contribution in [0.4, 0.5) is 4.39 Å². The largest absolute Gasteiger partial charge is 0.207 e. The minimum absolute atomic E-state index is 0. The van der Waals surface area contributed by atoms with E-state index >= 15 is 0 Å². The van der Waals surface area contributed by atoms with Crippen molar-refractivity contribution in [2.24, 2.45) is 17.8 Å². The Morgan fingerprint density at radius 2 is 1.29 bits per heavy atom. The number of halogens is 1. The standard InChI is InChI=1S/C19H27F.CH4.2H2/c1-14-2-4-15(5-3-14)16-6-8-17(9-7-16)18-10-12-19(20)13-11-18;;;/h10-17H,2-9H2,1H3;1H4;2*1H. The first kappa shape index (κ1) is 16.5. The van der Waals surface area contributed by atoms with Gasteiger partial charge in [-0.05, 0) is 79.9 Å². The van der Waals surface area contributed by atoms with Crippen LogP contribution in [0.25, 0.3) is 0 Å². The maximum atomic E-state index is 13.0. The topological polar surface area (TPSA) is 0 Å². The molecule has 0 aromatic heterocycles. The molecule has 0 aliphatic heterocycles. The van der Waals surface area contributed by atoms with Crippen LogP contribution in [0.1, 0.15) is 80.1 Å². The number of rotatable bonds is 2. The molecule has 2 aliphatic rings. The van der Waals surface area contributed by atoms with Gasteiger partial charge in [0.05, 0.1) is 0 Å². The Labute approximate surface area is 133 Å². The van der Waals surface area contributed by atoms with E-state index in [1.165, 1.54) is 56.9 Å². The number of hydrogen-bond donors (Lipinski definition) is 0. The van der Waals surface area contributed by atoms with Crippen molar-refractivity contribution in [3.05, 3.63) is 35.6 Å². The highest BCUT2D eigenvalue weighted by Gasteiger charge is 2.30. The van der Waals surface area contributed by atoms with Crippen LogP contribution in [0.15, 0.2) is 24.3 Å². The van der Waals surface area contributed by atoms with Crippen molar-refractivity contribution in [1.29, 1.82) is 0 Å². The molecule has 21 heavy (non-hydrogen) atoms. The van der Waals surface area contributed by atoms with E-state index in [-0.39, 0.29) is 16.1 Å². The lowest BCUT2D eigenvalue weighted by Crippen LogP contribution is -2.24. The molecule has 0 nitrogen and oxygen atoms in total. The van der Waals surface area contributed by atoms with Gasteiger partial charge in [-0.15, -0.1) is 0 Å². The summed E-state index contributed by atoms with van der Waals surface area (Å²) in [5.74, 6) is 3.49. The van der Waals surface area contributed by atoms with E-state index in [1.54, 1.807) is 12.1 Å². The number of hydrogen-bond acceptors (Lipinski definition) is 0. The normalized spacial score (nSPS) is 33.2. The van der Waals surface area contributed by atoms with E-state index in [0.29, 0.717) is 5.92 Å². The van der Waals surface area contributed by atoms with Crippen LogP contribution >= 0.6 is 0 Å². The lowest BCUT2D eigenvalue weighted by molar-refractivity contribution is 0.165. The summed E-state index contributed by atoms with van der Waals surface area (Å²) < 4.78 is 13.0. The molecule has 0 N–H and O–H groups in total. The summed E-state index contributed by atoms with van der Waals surface area (Å²) in [6.07, 6.45) is 11.2. The highest BCUT2D eigenvalue weighted by Crippen LogP contribution is 2.43. The Morgan fingerprint density at radius 1 is 0.810 bits per heavy atom. The van der Waals surface area contributed by atoms with E-state index in [1.807, 2.05) is 12.1 Å². The summed E-state index contributed by atoms with van der Waals surface area (Å²) in [6.45, 7) is 2.40. The quantitative estimate of drug-likeness (QED) is 0.548. The Kier molecular flexibility index (Phi) is 5.84. The van der Waals surface area contributed by atoms with E-state index in [4.69, 9.17) is 0 Å². The third kappa shape index (κ3) is 4.08. The zero-order valence-electron chi connectivity index (χ0n) is 12.7. The highest BCUT2D eigenvalue weighted by molar-refractivity contribution is 5.20. The fourth-order valence-electron chi connectivity index (χ4n) is 4.42. The second kappa shape index (κ2) is 7.42. The van der Waals surface area contributed by atoms with E-state index < -0.39 is 0 Å². The molecular weight excluding hydrogens is 259 g/mol. The van der Waals surface area contributed by atoms with Crippen LogP contribution in [0.3, 0.4) is 0 Å². The molecule has 0 saturated heterocycles. The van der Waals surface area contributed by atoms with Gasteiger partial charge >= 0.3 is 0 Å². The van der Waals surface area contributed by atoms with Crippen molar-refractivity contribution < 1.29 is 7.24 Å². The molecule has 2 aliphatic carbocycles. The van der Waals surface area contributed by atoms with Crippen molar-refractivity contribution in [2.75, 3.05) is 0 Å². The van der Waals surface area contributed by atoms with Gasteiger partial charge in [0, 0.05) is 2.85 Å². The average Bonchev–Trinajstić information content (AvgIpc) is 2.49. The molecule has 122 valence electrons. The molecule has 1 heteroatoms. The third-order valence-corrected chi connectivity index (χ3v) is 5.84. The molecule has 0 heterocycles. The first-order valence-electron chi connectivity index (χ1n) is 8.48. The average molecular weight is 294 g/mol. The van der Waals surface area contributed by atoms with Crippen LogP contribution in [0, 0.1) is 23.6 Å². The van der Waals surface area contributed by atoms with Gasteiger partial charge < -0.3 is 0 Å². The first-order valence-corrected chi connectivity index (χ1v) is 8.48. The molecule has 2 fully saturated rings. The zero-order valence-corrected chi connectivity index (χ0v) is 12.7. The first-order chi connectivity index (χ1) is 9.72. The molecule has 0 atom stereocenters. The summed E-state index contributed by atoms with van der Waals surface area (Å²) in [5.41, 5.74) is 1.35. The van der Waals surface area contributed by atoms with Gasteiger partial charge in [0.15, 0.2) is 0 Å². The molecule has 2 saturated carbocycles. The minimum Gasteiger partial charge on any atom is -0.207 e. The van der Waals surface area contributed by atoms with Gasteiger partial charge in [-0.1, -0.05) is 39.3 Å². The maximum Gasteiger partial charge on any atom is 0.123 e. The van der Waals surface area contributed by atoms with Gasteiger partial charge in [-0.3, -0.25) is 0 Å². The maximum absolute atomic E-state index is 13.0. The Morgan fingerprint density at radius 3 is 1.81 bits per heavy atom. The molecular formula is C20H35F. The second-order valence-corrected chi connectivity index (χ2v) is 7.18. The smallest absolute Gasteiger partial charge is 0.123 e. The molecule has 3 rings (SSSR count). The Hall–Kier alpha value is -0.850. The summed E-state index contributed by atoms with van der Waals surface area (Å²) in [7, 11) is 0. The molecule has 0 unspecified atom stereocenters. The molecule has 0 bridgehead atoms. The molecule has 1 aromatic carbocycles. The van der Waals surface area contributed by atoms with Crippen molar-refractivity contribution in [1.82, 2.24) is 0 Å². The zero-order chi connectivity index (χ0) is 13.9. The summed E-state index contributed by atoms with van der Waals surface area (Å²) in [6, 6.07) is 7.21. The molecule has 0 spiro atoms. The van der Waals surface area contributed by atoms with E-state index in [9.17, 15) is 4.39 Å². The van der Waals surface area contributed by atoms with Crippen molar-refractivity contribution in [2.45, 2.75) is 71.6 Å². The fraction of sp³-hybridized carbons (Fsp3) is 0.700. The SMILES string of the molecule is C.CC1CCC(C2CCC(c3ccc(F)cc3)CC2)CC1.[HH].[HH]. The predicted octanol–water partition coefficient (Wildman–Crippen LogP) is 7.05. The summed E-state index contributed by atoms with van der Waals surface area (Å²) in [4.78, 5) is 0. The molecule has 0 radical (unpaired) electrons. The van der Waals surface area contributed by atoms with Crippen molar-refractivity contribution in [3.8, 4) is 0 Å². The van der Waals surface area contributed by atoms with Gasteiger partial charge in [-0.25, -0.2) is 4.39 Å². The van der Waals surface area contributed by atoms with Gasteiger partial charge in [0.25, 0.3) is 0 Å². The van der Waals surface area contributed by atoms with Gasteiger partial charge in [-0.2, -0.15) is 0 Å². The minimum atomic E-state index is -0.112. The third-order valence-electron chi connectivity index (χ3n) is 5.84. The Balaban J connectivity index is 0.00000161. The van der Waals surface area contributed by atoms with Gasteiger partial charge in [0.1, 0.15) is 5.82 Å². The highest BCUT2D eigenvalue weighted by atomic mass is 19.1. The van der Waals surface area contributed by atoms with Crippen molar-refractivity contribution in [3.63, 3.8) is 0 Å². The monoisotopic (exact) mass is 294 g/mol. The second-order valence-electron chi connectivity index (χ2n) is 7.18. The lowest BCUT2D eigenvalue weighted by atomic mass is 9.68. The molecule has 1 aromatic rings. The van der Waals surface area contributed by atoms with Gasteiger partial charge in [0.2, 0.25) is 0 Å².